The minimum Gasteiger partial charge on any atom is -0.506 e. The first-order valence-corrected chi connectivity index (χ1v) is 15.0. The molecule has 45 heavy (non-hydrogen) atoms. The number of sulfonamides is 1. The van der Waals surface area contributed by atoms with Gasteiger partial charge in [-0.05, 0) is 46.7 Å². The summed E-state index contributed by atoms with van der Waals surface area (Å²) in [7, 11) is -3.63. The molecule has 0 amide bonds. The number of aliphatic hydroxyl groups is 1. The third-order valence-electron chi connectivity index (χ3n) is 6.29. The fraction of sp³-hybridized carbons (Fsp3) is 0.233. The van der Waals surface area contributed by atoms with E-state index in [0.717, 1.165) is 22.8 Å². The van der Waals surface area contributed by atoms with E-state index in [2.05, 4.69) is 10.0 Å². The summed E-state index contributed by atoms with van der Waals surface area (Å²) in [5, 5.41) is 32.7. The molecule has 0 saturated carbocycles. The number of alkyl halides is 5. The molecule has 0 saturated heterocycles. The van der Waals surface area contributed by atoms with Crippen LogP contribution < -0.4 is 14.8 Å². The Kier molecular flexibility index (Phi) is 11.7. The van der Waals surface area contributed by atoms with Crippen LogP contribution >= 0.6 is 0 Å². The van der Waals surface area contributed by atoms with Crippen molar-refractivity contribution < 1.29 is 55.2 Å². The summed E-state index contributed by atoms with van der Waals surface area (Å²) in [6, 6.07) is 24.0. The summed E-state index contributed by atoms with van der Waals surface area (Å²) in [5.74, 6) is -2.95. The third kappa shape index (κ3) is 10.6. The Hall–Kier alpha value is -4.47. The van der Waals surface area contributed by atoms with Gasteiger partial charge in [-0.1, -0.05) is 66.7 Å². The summed E-state index contributed by atoms with van der Waals surface area (Å²) >= 11 is 0. The van der Waals surface area contributed by atoms with Crippen LogP contribution in [0.5, 0.6) is 11.5 Å². The van der Waals surface area contributed by atoms with Crippen LogP contribution in [0.25, 0.3) is 10.8 Å². The number of carboxylic acid groups (broad SMARTS) is 1. The van der Waals surface area contributed by atoms with Crippen LogP contribution in [0.4, 0.5) is 27.6 Å². The molecule has 0 heterocycles. The Labute approximate surface area is 254 Å². The molecule has 0 aliphatic rings. The number of carbonyl (C=O) groups is 1. The molecule has 4 aromatic carbocycles. The fourth-order valence-electron chi connectivity index (χ4n) is 4.35. The molecule has 0 spiro atoms. The van der Waals surface area contributed by atoms with Gasteiger partial charge in [0, 0.05) is 18.0 Å². The molecule has 0 aliphatic heterocycles. The van der Waals surface area contributed by atoms with E-state index in [1.807, 2.05) is 42.5 Å². The van der Waals surface area contributed by atoms with Gasteiger partial charge in [0.05, 0.1) is 18.0 Å². The van der Waals surface area contributed by atoms with Gasteiger partial charge in [-0.15, -0.1) is 0 Å². The molecule has 242 valence electrons. The number of nitrogens with one attached hydrogen (secondary N) is 2. The highest BCUT2D eigenvalue weighted by Crippen LogP contribution is 2.34. The summed E-state index contributed by atoms with van der Waals surface area (Å²) < 4.78 is 87.9. The lowest BCUT2D eigenvalue weighted by Gasteiger charge is -2.24. The number of carboxylic acids is 1. The quantitative estimate of drug-likeness (QED) is 0.101. The molecule has 0 aliphatic carbocycles. The molecule has 9 nitrogen and oxygen atoms in total. The lowest BCUT2D eigenvalue weighted by atomic mass is 9.93. The zero-order chi connectivity index (χ0) is 33.4. The molecule has 5 N–H and O–H groups in total. The number of phenols is 1. The fourth-order valence-corrected chi connectivity index (χ4v) is 4.92. The van der Waals surface area contributed by atoms with Gasteiger partial charge in [-0.3, -0.25) is 4.72 Å². The predicted octanol–water partition coefficient (Wildman–Crippen LogP) is 5.76. The number of hydrogen-bond donors (Lipinski definition) is 5. The van der Waals surface area contributed by atoms with E-state index in [1.54, 1.807) is 18.2 Å². The van der Waals surface area contributed by atoms with Crippen molar-refractivity contribution in [2.24, 2.45) is 0 Å². The zero-order valence-electron chi connectivity index (χ0n) is 23.5. The van der Waals surface area contributed by atoms with Crippen LogP contribution in [0.2, 0.25) is 0 Å². The number of rotatable bonds is 11. The van der Waals surface area contributed by atoms with E-state index < -0.39 is 34.9 Å². The van der Waals surface area contributed by atoms with Gasteiger partial charge in [-0.2, -0.15) is 22.0 Å². The topological polar surface area (TPSA) is 145 Å². The van der Waals surface area contributed by atoms with Gasteiger partial charge < -0.3 is 25.4 Å². The molecule has 1 unspecified atom stereocenters. The maximum atomic E-state index is 13.0. The van der Waals surface area contributed by atoms with Crippen molar-refractivity contribution in [1.82, 2.24) is 5.32 Å². The Bertz CT molecular complexity index is 1700. The first-order valence-electron chi connectivity index (χ1n) is 13.1. The summed E-state index contributed by atoms with van der Waals surface area (Å²) in [6.07, 6.45) is -4.61. The van der Waals surface area contributed by atoms with Crippen LogP contribution in [-0.4, -0.2) is 55.3 Å². The highest BCUT2D eigenvalue weighted by Gasteiger charge is 2.38. The summed E-state index contributed by atoms with van der Waals surface area (Å²) in [4.78, 5) is 8.90. The van der Waals surface area contributed by atoms with Crippen molar-refractivity contribution in [3.05, 3.63) is 102 Å². The van der Waals surface area contributed by atoms with E-state index in [4.69, 9.17) is 14.6 Å². The third-order valence-corrected chi connectivity index (χ3v) is 6.88. The Morgan fingerprint density at radius 2 is 1.53 bits per heavy atom. The minimum atomic E-state index is -5.08. The highest BCUT2D eigenvalue weighted by atomic mass is 32.2. The standard InChI is InChI=1S/C28H28F2N2O5S.C2HF3O2/c1-38(35,36)32-24-16-19(11-13-25(24)33)26(34)17-31-23(15-18-7-3-2-4-8-18)21-12-14-27(37-28(29)30)22-10-6-5-9-20(21)22;3-2(4,5)1(6)7/h2-14,16,23,26,28,31-34H,15,17H2,1H3;(H,6,7)/t23?,26-;/m0./s1. The van der Waals surface area contributed by atoms with Gasteiger partial charge in [0.25, 0.3) is 0 Å². The molecule has 15 heteroatoms. The van der Waals surface area contributed by atoms with Gasteiger partial charge in [0.15, 0.2) is 0 Å². The molecule has 0 bridgehead atoms. The summed E-state index contributed by atoms with van der Waals surface area (Å²) in [6.45, 7) is -2.87. The van der Waals surface area contributed by atoms with Crippen LogP contribution in [0, 0.1) is 0 Å². The van der Waals surface area contributed by atoms with Crippen molar-refractivity contribution in [3.63, 3.8) is 0 Å². The van der Waals surface area contributed by atoms with Crippen LogP contribution in [0.1, 0.15) is 28.8 Å². The van der Waals surface area contributed by atoms with Crippen molar-refractivity contribution in [2.75, 3.05) is 17.5 Å². The van der Waals surface area contributed by atoms with E-state index in [-0.39, 0.29) is 29.8 Å². The van der Waals surface area contributed by atoms with Crippen LogP contribution in [-0.2, 0) is 21.2 Å². The van der Waals surface area contributed by atoms with Crippen molar-refractivity contribution in [1.29, 1.82) is 0 Å². The van der Waals surface area contributed by atoms with Crippen molar-refractivity contribution in [3.8, 4) is 11.5 Å². The molecule has 2 atom stereocenters. The number of aromatic hydroxyl groups is 1. The average Bonchev–Trinajstić information content (AvgIpc) is 2.96. The van der Waals surface area contributed by atoms with Crippen LogP contribution in [0.3, 0.4) is 0 Å². The van der Waals surface area contributed by atoms with Crippen molar-refractivity contribution >= 4 is 32.5 Å². The first-order chi connectivity index (χ1) is 21.0. The number of aliphatic carboxylic acids is 1. The van der Waals surface area contributed by atoms with E-state index >= 15 is 0 Å². The molecule has 4 aromatic rings. The Balaban J connectivity index is 0.000000707. The number of ether oxygens (including phenoxy) is 1. The Morgan fingerprint density at radius 1 is 0.933 bits per heavy atom. The van der Waals surface area contributed by atoms with Gasteiger partial charge >= 0.3 is 18.8 Å². The molecule has 0 radical (unpaired) electrons. The molecule has 4 rings (SSSR count). The lowest BCUT2D eigenvalue weighted by Crippen LogP contribution is -2.28. The van der Waals surface area contributed by atoms with E-state index in [9.17, 15) is 40.6 Å². The SMILES string of the molecule is CS(=O)(=O)Nc1cc([C@@H](O)CNC(Cc2ccccc2)c2ccc(OC(F)F)c3ccccc23)ccc1O.O=C(O)C(F)(F)F. The maximum absolute atomic E-state index is 13.0. The Morgan fingerprint density at radius 3 is 2.11 bits per heavy atom. The minimum absolute atomic E-state index is 0.0366. The molecule has 0 fully saturated rings. The smallest absolute Gasteiger partial charge is 0.490 e. The molecular formula is C30H29F5N2O7S. The van der Waals surface area contributed by atoms with Crippen LogP contribution in [0.15, 0.2) is 84.9 Å². The second-order valence-electron chi connectivity index (χ2n) is 9.70. The molecule has 0 aromatic heterocycles. The first kappa shape index (κ1) is 35.0. The normalized spacial score (nSPS) is 13.1. The number of benzene rings is 4. The van der Waals surface area contributed by atoms with E-state index in [1.165, 1.54) is 24.3 Å². The highest BCUT2D eigenvalue weighted by molar-refractivity contribution is 7.92. The number of hydrogen-bond acceptors (Lipinski definition) is 7. The predicted molar refractivity (Wildman–Crippen MR) is 157 cm³/mol. The lowest BCUT2D eigenvalue weighted by molar-refractivity contribution is -0.192. The average molecular weight is 657 g/mol. The number of phenolic OH excluding ortho intramolecular Hbond substituents is 1. The van der Waals surface area contributed by atoms with E-state index in [0.29, 0.717) is 17.4 Å². The van der Waals surface area contributed by atoms with Crippen molar-refractivity contribution in [2.45, 2.75) is 31.4 Å². The monoisotopic (exact) mass is 656 g/mol. The number of fused-ring (bicyclic) bond motifs is 1. The van der Waals surface area contributed by atoms with Gasteiger partial charge in [0.2, 0.25) is 10.0 Å². The maximum Gasteiger partial charge on any atom is 0.490 e. The molecular weight excluding hydrogens is 627 g/mol. The summed E-state index contributed by atoms with van der Waals surface area (Å²) in [5.41, 5.74) is 2.22. The number of anilines is 1. The second kappa shape index (κ2) is 15.0. The van der Waals surface area contributed by atoms with Gasteiger partial charge in [0.1, 0.15) is 11.5 Å². The van der Waals surface area contributed by atoms with Gasteiger partial charge in [-0.25, -0.2) is 13.2 Å². The second-order valence-corrected chi connectivity index (χ2v) is 11.4. The number of aliphatic hydroxyl groups excluding tert-OH is 1. The zero-order valence-corrected chi connectivity index (χ0v) is 24.3. The largest absolute Gasteiger partial charge is 0.506 e. The number of halogens is 5.